The zero-order valence-electron chi connectivity index (χ0n) is 68.4. The zero-order valence-corrected chi connectivity index (χ0v) is 68.4. The first kappa shape index (κ1) is 102. The van der Waals surface area contributed by atoms with E-state index in [4.69, 9.17) is 56.8 Å². The lowest BCUT2D eigenvalue weighted by atomic mass is 9.93. The number of amides is 3. The Labute approximate surface area is 682 Å². The van der Waals surface area contributed by atoms with Gasteiger partial charge in [0, 0.05) is 20.3 Å². The van der Waals surface area contributed by atoms with Gasteiger partial charge in [-0.3, -0.25) is 14.4 Å². The van der Waals surface area contributed by atoms with Crippen LogP contribution in [-0.4, -0.2) is 352 Å². The summed E-state index contributed by atoms with van der Waals surface area (Å²) >= 11 is 0. The monoisotopic (exact) mass is 1680 g/mol. The van der Waals surface area contributed by atoms with Crippen molar-refractivity contribution < 1.29 is 163 Å². The van der Waals surface area contributed by atoms with Crippen LogP contribution in [0.5, 0.6) is 0 Å². The van der Waals surface area contributed by atoms with Gasteiger partial charge in [0.15, 0.2) is 37.7 Å². The summed E-state index contributed by atoms with van der Waals surface area (Å²) in [6.07, 6.45) is -14.9. The third-order valence-corrected chi connectivity index (χ3v) is 22.7. The topological polar surface area (TPSA) is 562 Å². The van der Waals surface area contributed by atoms with Gasteiger partial charge in [-0.15, -0.1) is 0 Å². The van der Waals surface area contributed by atoms with Gasteiger partial charge in [0.25, 0.3) is 0 Å². The number of ether oxygens (including phenoxy) is 12. The maximum atomic E-state index is 13.6. The highest BCUT2D eigenvalue weighted by Gasteiger charge is 2.59. The highest BCUT2D eigenvalue weighted by molar-refractivity contribution is 5.76. The normalized spacial score (nSPS) is 36.3. The van der Waals surface area contributed by atoms with Crippen molar-refractivity contribution in [3.63, 3.8) is 0 Å². The number of unbranched alkanes of at least 4 members (excludes halogenated alkanes) is 29. The Morgan fingerprint density at radius 2 is 0.655 bits per heavy atom. The minimum absolute atomic E-state index is 0.180. The number of rotatable bonds is 56. The van der Waals surface area contributed by atoms with Crippen LogP contribution in [0.3, 0.4) is 0 Å². The molecule has 0 radical (unpaired) electrons. The molecule has 36 heteroatoms. The van der Waals surface area contributed by atoms with Crippen LogP contribution in [0.1, 0.15) is 233 Å². The molecule has 0 aliphatic carbocycles. The first-order valence-electron chi connectivity index (χ1n) is 43.0. The van der Waals surface area contributed by atoms with Gasteiger partial charge in [-0.2, -0.15) is 0 Å². The maximum absolute atomic E-state index is 13.6. The number of aliphatic hydroxyl groups excluding tert-OH is 18. The minimum Gasteiger partial charge on any atom is -0.394 e. The number of hydrogen-bond acceptors (Lipinski definition) is 33. The molecule has 0 bridgehead atoms. The molecule has 6 rings (SSSR count). The fourth-order valence-corrected chi connectivity index (χ4v) is 15.8. The molecule has 0 saturated carbocycles. The van der Waals surface area contributed by atoms with E-state index in [1.807, 2.05) is 6.08 Å². The first-order valence-corrected chi connectivity index (χ1v) is 43.0. The van der Waals surface area contributed by atoms with Crippen molar-refractivity contribution in [2.75, 3.05) is 46.2 Å². The van der Waals surface area contributed by atoms with Crippen LogP contribution in [0.2, 0.25) is 0 Å². The Morgan fingerprint density at radius 1 is 0.336 bits per heavy atom. The summed E-state index contributed by atoms with van der Waals surface area (Å²) in [5, 5.41) is 208. The van der Waals surface area contributed by atoms with Crippen LogP contribution >= 0.6 is 0 Å². The number of carbonyl (C=O) groups is 3. The molecule has 0 aromatic rings. The van der Waals surface area contributed by atoms with E-state index < -0.39 is 254 Å². The lowest BCUT2D eigenvalue weighted by Gasteiger charge is -2.51. The van der Waals surface area contributed by atoms with E-state index in [-0.39, 0.29) is 12.3 Å². The Hall–Kier alpha value is -3.05. The van der Waals surface area contributed by atoms with Crippen molar-refractivity contribution in [1.29, 1.82) is 0 Å². The second-order valence-corrected chi connectivity index (χ2v) is 32.1. The van der Waals surface area contributed by atoms with Gasteiger partial charge >= 0.3 is 0 Å². The molecule has 12 unspecified atom stereocenters. The highest BCUT2D eigenvalue weighted by Crippen LogP contribution is 2.38. The molecule has 116 heavy (non-hydrogen) atoms. The molecular formula is C80H145N3O33. The van der Waals surface area contributed by atoms with Gasteiger partial charge in [0.2, 0.25) is 17.7 Å². The first-order chi connectivity index (χ1) is 55.8. The lowest BCUT2D eigenvalue weighted by Crippen LogP contribution is -2.71. The second kappa shape index (κ2) is 55.2. The highest BCUT2D eigenvalue weighted by atomic mass is 16.8. The molecular weight excluding hydrogens is 1530 g/mol. The van der Waals surface area contributed by atoms with Crippen LogP contribution in [0.25, 0.3) is 0 Å². The van der Waals surface area contributed by atoms with Crippen LogP contribution < -0.4 is 16.0 Å². The smallest absolute Gasteiger partial charge is 0.220 e. The van der Waals surface area contributed by atoms with E-state index in [2.05, 4.69) is 29.8 Å². The average Bonchev–Trinajstić information content (AvgIpc) is 0.766. The molecule has 678 valence electrons. The molecule has 0 aromatic carbocycles. The SMILES string of the molecule is CCCCCCCCCCCCC/C=C/[C@@H](O)[C@H](CO[C@@H]1OC(CO)[C@@H](O[C@@H]2OC(CO)[C@H](O[C@@H]3OC(CO)[C@H](O)[C@H](O[C@@H]4OC(CO)[C@H](O)[C@H](O[C@@H]5OC(CO)[C@@H](O[C@@H]6OC(CO)[C@H](O)[C@H](O)C6O)[C@H](O)C5NC(C)=O)C4O)C3NC(C)=O)[C@H](O)C2O)[C@H](O)C1O)NC(=O)CCCCCCCCCCCCCCCCCCCCC. The van der Waals surface area contributed by atoms with Crippen molar-refractivity contribution in [2.45, 2.75) is 429 Å². The van der Waals surface area contributed by atoms with Crippen molar-refractivity contribution in [3.05, 3.63) is 12.2 Å². The Kier molecular flexibility index (Phi) is 48.5. The van der Waals surface area contributed by atoms with E-state index in [0.29, 0.717) is 12.8 Å². The fraction of sp³-hybridized carbons (Fsp3) is 0.938. The molecule has 32 atom stereocenters. The van der Waals surface area contributed by atoms with E-state index in [9.17, 15) is 106 Å². The fourth-order valence-electron chi connectivity index (χ4n) is 15.8. The number of nitrogens with one attached hydrogen (secondary N) is 3. The lowest BCUT2D eigenvalue weighted by molar-refractivity contribution is -0.385. The molecule has 6 aliphatic rings. The summed E-state index contributed by atoms with van der Waals surface area (Å²) in [7, 11) is 0. The van der Waals surface area contributed by atoms with E-state index in [1.54, 1.807) is 6.08 Å². The van der Waals surface area contributed by atoms with Gasteiger partial charge < -0.3 is 165 Å². The van der Waals surface area contributed by atoms with E-state index in [0.717, 1.165) is 65.2 Å². The predicted octanol–water partition coefficient (Wildman–Crippen LogP) is -0.864. The second-order valence-electron chi connectivity index (χ2n) is 32.1. The van der Waals surface area contributed by atoms with Crippen molar-refractivity contribution in [2.24, 2.45) is 0 Å². The molecule has 36 nitrogen and oxygen atoms in total. The third kappa shape index (κ3) is 31.6. The Bertz CT molecular complexity index is 2670. The number of carbonyl (C=O) groups excluding carboxylic acids is 3. The third-order valence-electron chi connectivity index (χ3n) is 22.7. The molecule has 21 N–H and O–H groups in total. The molecule has 0 spiro atoms. The summed E-state index contributed by atoms with van der Waals surface area (Å²) in [5.41, 5.74) is 0. The number of allylic oxidation sites excluding steroid dienone is 1. The number of hydrogen-bond donors (Lipinski definition) is 21. The summed E-state index contributed by atoms with van der Waals surface area (Å²) < 4.78 is 71.0. The molecule has 6 heterocycles. The quantitative estimate of drug-likeness (QED) is 0.0260. The Morgan fingerprint density at radius 3 is 1.10 bits per heavy atom. The van der Waals surface area contributed by atoms with Crippen LogP contribution in [-0.2, 0) is 71.2 Å². The largest absolute Gasteiger partial charge is 0.394 e. The zero-order chi connectivity index (χ0) is 84.8. The van der Waals surface area contributed by atoms with Crippen molar-refractivity contribution in [3.8, 4) is 0 Å². The summed E-state index contributed by atoms with van der Waals surface area (Å²) in [5.74, 6) is -2.05. The van der Waals surface area contributed by atoms with E-state index in [1.165, 1.54) is 135 Å². The average molecular weight is 1680 g/mol. The van der Waals surface area contributed by atoms with Crippen molar-refractivity contribution in [1.82, 2.24) is 16.0 Å². The molecule has 0 aromatic heterocycles. The van der Waals surface area contributed by atoms with Crippen LogP contribution in [0, 0.1) is 0 Å². The predicted molar refractivity (Wildman–Crippen MR) is 412 cm³/mol. The molecule has 6 aliphatic heterocycles. The summed E-state index contributed by atoms with van der Waals surface area (Å²) in [4.78, 5) is 39.3. The van der Waals surface area contributed by atoms with Gasteiger partial charge in [0.1, 0.15) is 146 Å². The van der Waals surface area contributed by atoms with Gasteiger partial charge in [-0.25, -0.2) is 0 Å². The van der Waals surface area contributed by atoms with Crippen molar-refractivity contribution >= 4 is 17.7 Å². The van der Waals surface area contributed by atoms with Crippen LogP contribution in [0.4, 0.5) is 0 Å². The van der Waals surface area contributed by atoms with E-state index >= 15 is 0 Å². The molecule has 6 fully saturated rings. The van der Waals surface area contributed by atoms with Crippen LogP contribution in [0.15, 0.2) is 12.2 Å². The maximum Gasteiger partial charge on any atom is 0.220 e. The van der Waals surface area contributed by atoms with Gasteiger partial charge in [-0.1, -0.05) is 206 Å². The van der Waals surface area contributed by atoms with Gasteiger partial charge in [0.05, 0.1) is 58.4 Å². The molecule has 3 amide bonds. The molecule has 6 saturated heterocycles. The standard InChI is InChI=1S/C80H145N3O33/c1-5-7-9-11-13-15-17-19-20-21-22-23-24-26-28-30-32-34-36-38-56(93)83-48(49(92)37-35-33-31-29-27-25-18-16-14-12-10-8-6-2)45-105-77-67(102)64(99)72(54(43-88)110-77)114-79-68(103)65(100)71(55(44-89)111-79)112-76-58(82-47(4)91)73(60(95)51(40-85)106-76)115-80-69(104)74(61(96)52(41-86)108-80)116-75-57(81-46(3)90)62(97)70(53(42-87)109-75)113-78-66(101)63(98)59(94)50(39-84)107-78/h35,37,48-55,57-80,84-89,92,94-104H,5-34,36,38-45H2,1-4H3,(H,81,90)(H,82,91)(H,83,93)/b37-35+/t48-,49+,50?,51?,52?,53?,54?,55?,57?,58?,59-,60-,61-,62+,63-,64+,65+,66?,67?,68?,69?,70+,71-,72+,73+,74-,75-,76-,77+,78-,79-,80-/m0/s1. The Balaban J connectivity index is 1.07. The summed E-state index contributed by atoms with van der Waals surface area (Å²) in [6, 6.07) is -4.65. The minimum atomic E-state index is -2.27. The summed E-state index contributed by atoms with van der Waals surface area (Å²) in [6.45, 7) is 0.0959. The van der Waals surface area contributed by atoms with Gasteiger partial charge in [-0.05, 0) is 19.3 Å². The number of aliphatic hydroxyl groups is 18.